The first-order valence-electron chi connectivity index (χ1n) is 4.29. The lowest BCUT2D eigenvalue weighted by Crippen LogP contribution is -2.26. The minimum Gasteiger partial charge on any atom is -0.370 e. The van der Waals surface area contributed by atoms with E-state index in [0.29, 0.717) is 5.69 Å². The highest BCUT2D eigenvalue weighted by Gasteiger charge is 2.05. The molecule has 0 saturated heterocycles. The molecule has 1 aromatic rings. The molecule has 0 aliphatic heterocycles. The second kappa shape index (κ2) is 5.31. The minimum atomic E-state index is -0.118. The van der Waals surface area contributed by atoms with E-state index in [1.165, 1.54) is 0 Å². The molecule has 0 fully saturated rings. The van der Waals surface area contributed by atoms with Gasteiger partial charge < -0.3 is 17.2 Å². The van der Waals surface area contributed by atoms with Crippen LogP contribution in [0, 0.1) is 6.92 Å². The SMILES string of the molecule is Cc1cc(Br)cc(Br)c1N=C(N)N=C(N)N. The van der Waals surface area contributed by atoms with E-state index in [1.54, 1.807) is 0 Å². The standard InChI is InChI=1S/C9H11Br2N5/c1-4-2-5(10)3-6(11)7(4)15-9(14)16-8(12)13/h2-3H,1H3,(H6,12,13,14,15,16). The Kier molecular flexibility index (Phi) is 4.31. The molecule has 5 nitrogen and oxygen atoms in total. The van der Waals surface area contributed by atoms with Gasteiger partial charge in [-0.05, 0) is 40.5 Å². The van der Waals surface area contributed by atoms with E-state index in [2.05, 4.69) is 41.8 Å². The van der Waals surface area contributed by atoms with Crippen molar-refractivity contribution in [3.63, 3.8) is 0 Å². The van der Waals surface area contributed by atoms with Crippen LogP contribution in [0.15, 0.2) is 31.1 Å². The highest BCUT2D eigenvalue weighted by Crippen LogP contribution is 2.32. The summed E-state index contributed by atoms with van der Waals surface area (Å²) in [5, 5.41) is 0. The number of nitrogens with two attached hydrogens (primary N) is 3. The molecule has 0 aromatic heterocycles. The monoisotopic (exact) mass is 347 g/mol. The maximum Gasteiger partial charge on any atom is 0.223 e. The van der Waals surface area contributed by atoms with Gasteiger partial charge >= 0.3 is 0 Å². The topological polar surface area (TPSA) is 103 Å². The maximum atomic E-state index is 5.55. The largest absolute Gasteiger partial charge is 0.370 e. The number of nitrogens with zero attached hydrogens (tertiary/aromatic N) is 2. The van der Waals surface area contributed by atoms with Crippen LogP contribution in [-0.2, 0) is 0 Å². The lowest BCUT2D eigenvalue weighted by Gasteiger charge is -2.04. The van der Waals surface area contributed by atoms with E-state index in [4.69, 9.17) is 17.2 Å². The van der Waals surface area contributed by atoms with Crippen molar-refractivity contribution in [2.45, 2.75) is 6.92 Å². The Hall–Kier alpha value is -1.08. The number of aliphatic imine (C=N–C) groups is 2. The quantitative estimate of drug-likeness (QED) is 0.532. The summed E-state index contributed by atoms with van der Waals surface area (Å²) in [6, 6.07) is 3.79. The zero-order valence-electron chi connectivity index (χ0n) is 8.54. The van der Waals surface area contributed by atoms with Gasteiger partial charge in [0.15, 0.2) is 5.96 Å². The molecule has 0 radical (unpaired) electrons. The molecule has 0 atom stereocenters. The number of halogens is 2. The van der Waals surface area contributed by atoms with E-state index in [1.807, 2.05) is 19.1 Å². The molecule has 0 amide bonds. The van der Waals surface area contributed by atoms with Crippen LogP contribution < -0.4 is 17.2 Å². The number of rotatable bonds is 1. The number of hydrogen-bond acceptors (Lipinski definition) is 1. The number of benzene rings is 1. The molecular formula is C9H11Br2N5. The Morgan fingerprint density at radius 3 is 2.31 bits per heavy atom. The lowest BCUT2D eigenvalue weighted by molar-refractivity contribution is 1.32. The van der Waals surface area contributed by atoms with Crippen molar-refractivity contribution < 1.29 is 0 Å². The number of aryl methyl sites for hydroxylation is 1. The van der Waals surface area contributed by atoms with Gasteiger partial charge in [-0.2, -0.15) is 4.99 Å². The fraction of sp³-hybridized carbons (Fsp3) is 0.111. The third-order valence-corrected chi connectivity index (χ3v) is 2.75. The zero-order chi connectivity index (χ0) is 12.3. The van der Waals surface area contributed by atoms with Crippen molar-refractivity contribution in [2.24, 2.45) is 27.2 Å². The van der Waals surface area contributed by atoms with Crippen LogP contribution in [0.5, 0.6) is 0 Å². The molecule has 0 aliphatic carbocycles. The van der Waals surface area contributed by atoms with Gasteiger partial charge in [0.1, 0.15) is 0 Å². The molecule has 0 bridgehead atoms. The van der Waals surface area contributed by atoms with Crippen molar-refractivity contribution >= 4 is 49.5 Å². The van der Waals surface area contributed by atoms with Gasteiger partial charge in [0.05, 0.1) is 5.69 Å². The van der Waals surface area contributed by atoms with Gasteiger partial charge in [0.25, 0.3) is 0 Å². The minimum absolute atomic E-state index is 0.0196. The van der Waals surface area contributed by atoms with Crippen LogP contribution in [0.3, 0.4) is 0 Å². The first-order valence-corrected chi connectivity index (χ1v) is 5.88. The van der Waals surface area contributed by atoms with Gasteiger partial charge in [0, 0.05) is 8.95 Å². The molecule has 0 heterocycles. The van der Waals surface area contributed by atoms with Crippen molar-refractivity contribution in [3.05, 3.63) is 26.6 Å². The Bertz CT molecular complexity index is 440. The Balaban J connectivity index is 3.20. The van der Waals surface area contributed by atoms with E-state index in [-0.39, 0.29) is 11.9 Å². The van der Waals surface area contributed by atoms with E-state index in [9.17, 15) is 0 Å². The summed E-state index contributed by atoms with van der Waals surface area (Å²) in [6.45, 7) is 1.91. The van der Waals surface area contributed by atoms with Gasteiger partial charge in [-0.1, -0.05) is 15.9 Å². The molecule has 0 aliphatic rings. The highest BCUT2D eigenvalue weighted by atomic mass is 79.9. The van der Waals surface area contributed by atoms with Crippen LogP contribution in [0.2, 0.25) is 0 Å². The fourth-order valence-corrected chi connectivity index (χ4v) is 2.64. The molecule has 1 aromatic carbocycles. The van der Waals surface area contributed by atoms with Crippen molar-refractivity contribution in [1.82, 2.24) is 0 Å². The van der Waals surface area contributed by atoms with Gasteiger partial charge in [-0.25, -0.2) is 4.99 Å². The summed E-state index contributed by atoms with van der Waals surface area (Å²) in [5.41, 5.74) is 17.6. The van der Waals surface area contributed by atoms with Crippen molar-refractivity contribution in [1.29, 1.82) is 0 Å². The summed E-state index contributed by atoms with van der Waals surface area (Å²) in [5.74, 6) is -0.0988. The van der Waals surface area contributed by atoms with Crippen LogP contribution in [0.4, 0.5) is 5.69 Å². The third kappa shape index (κ3) is 3.49. The normalized spacial score (nSPS) is 11.3. The average molecular weight is 349 g/mol. The highest BCUT2D eigenvalue weighted by molar-refractivity contribution is 9.11. The smallest absolute Gasteiger partial charge is 0.223 e. The fourth-order valence-electron chi connectivity index (χ4n) is 1.11. The molecule has 86 valence electrons. The second-order valence-corrected chi connectivity index (χ2v) is 4.83. The van der Waals surface area contributed by atoms with Crippen molar-refractivity contribution in [3.8, 4) is 0 Å². The van der Waals surface area contributed by atoms with E-state index < -0.39 is 0 Å². The first-order chi connectivity index (χ1) is 7.40. The van der Waals surface area contributed by atoms with E-state index in [0.717, 1.165) is 14.5 Å². The molecule has 0 saturated carbocycles. The third-order valence-electron chi connectivity index (χ3n) is 1.69. The van der Waals surface area contributed by atoms with Gasteiger partial charge in [0.2, 0.25) is 5.96 Å². The van der Waals surface area contributed by atoms with E-state index >= 15 is 0 Å². The molecule has 0 unspecified atom stereocenters. The lowest BCUT2D eigenvalue weighted by atomic mass is 10.2. The molecule has 1 rings (SSSR count). The summed E-state index contributed by atoms with van der Waals surface area (Å²) < 4.78 is 1.77. The Labute approximate surface area is 110 Å². The summed E-state index contributed by atoms with van der Waals surface area (Å²) in [7, 11) is 0. The first kappa shape index (κ1) is 13.0. The molecular weight excluding hydrogens is 338 g/mol. The van der Waals surface area contributed by atoms with Crippen LogP contribution in [0.1, 0.15) is 5.56 Å². The predicted octanol–water partition coefficient (Wildman–Crippen LogP) is 1.74. The summed E-state index contributed by atoms with van der Waals surface area (Å²) in [6.07, 6.45) is 0. The summed E-state index contributed by atoms with van der Waals surface area (Å²) >= 11 is 6.77. The van der Waals surface area contributed by atoms with Crippen LogP contribution in [0.25, 0.3) is 0 Å². The molecule has 7 heteroatoms. The maximum absolute atomic E-state index is 5.55. The zero-order valence-corrected chi connectivity index (χ0v) is 11.7. The predicted molar refractivity (Wildman–Crippen MR) is 73.7 cm³/mol. The second-order valence-electron chi connectivity index (χ2n) is 3.06. The molecule has 6 N–H and O–H groups in total. The molecule has 16 heavy (non-hydrogen) atoms. The van der Waals surface area contributed by atoms with Gasteiger partial charge in [-0.15, -0.1) is 0 Å². The summed E-state index contributed by atoms with van der Waals surface area (Å²) in [4.78, 5) is 7.76. The molecule has 0 spiro atoms. The number of hydrogen-bond donors (Lipinski definition) is 3. The average Bonchev–Trinajstić information content (AvgIpc) is 2.09. The Morgan fingerprint density at radius 2 is 1.81 bits per heavy atom. The van der Waals surface area contributed by atoms with Crippen LogP contribution >= 0.6 is 31.9 Å². The van der Waals surface area contributed by atoms with Crippen molar-refractivity contribution in [2.75, 3.05) is 0 Å². The van der Waals surface area contributed by atoms with Gasteiger partial charge in [-0.3, -0.25) is 0 Å². The van der Waals surface area contributed by atoms with Crippen LogP contribution in [-0.4, -0.2) is 11.9 Å². The number of guanidine groups is 2. The Morgan fingerprint density at radius 1 is 1.19 bits per heavy atom.